The van der Waals surface area contributed by atoms with Gasteiger partial charge in [-0.3, -0.25) is 4.79 Å². The fraction of sp³-hybridized carbons (Fsp3) is 0.833. The van der Waals surface area contributed by atoms with Crippen LogP contribution in [0.5, 0.6) is 0 Å². The Balaban J connectivity index is 1.98. The molecule has 134 valence electrons. The number of nitrogens with zero attached hydrogens (tertiary/aromatic N) is 3. The Kier molecular flexibility index (Phi) is 5.12. The zero-order valence-corrected chi connectivity index (χ0v) is 15.5. The van der Waals surface area contributed by atoms with Crippen LogP contribution >= 0.6 is 0 Å². The first kappa shape index (κ1) is 18.6. The van der Waals surface area contributed by atoms with Gasteiger partial charge in [0.15, 0.2) is 0 Å². The van der Waals surface area contributed by atoms with Gasteiger partial charge in [0.2, 0.25) is 5.91 Å². The normalized spacial score (nSPS) is 24.1. The van der Waals surface area contributed by atoms with Gasteiger partial charge < -0.3 is 14.5 Å². The standard InChI is InChI=1S/C18H29N3O3/c1-17(2,3)24-16(23)21-12-18(4,5)15(21)13-7-10-20(11-8-13)14(22)6-9-19/h13,15H,6-8,10-12H2,1-5H3. The van der Waals surface area contributed by atoms with Crippen molar-refractivity contribution in [2.45, 2.75) is 65.5 Å². The lowest BCUT2D eigenvalue weighted by atomic mass is 9.67. The zero-order chi connectivity index (χ0) is 18.1. The minimum Gasteiger partial charge on any atom is -0.444 e. The van der Waals surface area contributed by atoms with Crippen LogP contribution in [0.1, 0.15) is 53.9 Å². The SMILES string of the molecule is CC(C)(C)OC(=O)N1CC(C)(C)C1C1CCN(C(=O)CC#N)CC1. The summed E-state index contributed by atoms with van der Waals surface area (Å²) < 4.78 is 5.53. The van der Waals surface area contributed by atoms with Gasteiger partial charge in [-0.2, -0.15) is 5.26 Å². The highest BCUT2D eigenvalue weighted by molar-refractivity contribution is 5.78. The molecule has 0 saturated carbocycles. The first-order valence-electron chi connectivity index (χ1n) is 8.69. The van der Waals surface area contributed by atoms with Crippen molar-refractivity contribution >= 4 is 12.0 Å². The van der Waals surface area contributed by atoms with Crippen molar-refractivity contribution in [1.82, 2.24) is 9.80 Å². The summed E-state index contributed by atoms with van der Waals surface area (Å²) in [7, 11) is 0. The minimum absolute atomic E-state index is 0.0520. The first-order valence-corrected chi connectivity index (χ1v) is 8.69. The van der Waals surface area contributed by atoms with E-state index in [9.17, 15) is 9.59 Å². The quantitative estimate of drug-likeness (QED) is 0.778. The summed E-state index contributed by atoms with van der Waals surface area (Å²) in [5.41, 5.74) is -0.422. The van der Waals surface area contributed by atoms with Crippen LogP contribution in [0.25, 0.3) is 0 Å². The molecule has 0 spiro atoms. The summed E-state index contributed by atoms with van der Waals surface area (Å²) in [6, 6.07) is 2.07. The van der Waals surface area contributed by atoms with Gasteiger partial charge in [0, 0.05) is 31.1 Å². The third-order valence-corrected chi connectivity index (χ3v) is 4.91. The number of rotatable bonds is 2. The van der Waals surface area contributed by atoms with Crippen molar-refractivity contribution in [2.24, 2.45) is 11.3 Å². The number of hydrogen-bond donors (Lipinski definition) is 0. The fourth-order valence-corrected chi connectivity index (χ4v) is 3.98. The van der Waals surface area contributed by atoms with Crippen LogP contribution in [-0.4, -0.2) is 53.1 Å². The lowest BCUT2D eigenvalue weighted by molar-refractivity contribution is -0.134. The molecule has 2 saturated heterocycles. The van der Waals surface area contributed by atoms with Gasteiger partial charge in [-0.15, -0.1) is 0 Å². The van der Waals surface area contributed by atoms with Gasteiger partial charge in [0.25, 0.3) is 0 Å². The molecule has 0 bridgehead atoms. The van der Waals surface area contributed by atoms with Crippen LogP contribution in [0.4, 0.5) is 4.79 Å². The monoisotopic (exact) mass is 335 g/mol. The molecule has 0 aromatic heterocycles. The Labute approximate surface area is 144 Å². The molecule has 24 heavy (non-hydrogen) atoms. The van der Waals surface area contributed by atoms with Crippen molar-refractivity contribution in [3.63, 3.8) is 0 Å². The van der Waals surface area contributed by atoms with Crippen molar-refractivity contribution in [3.05, 3.63) is 0 Å². The van der Waals surface area contributed by atoms with Gasteiger partial charge >= 0.3 is 6.09 Å². The van der Waals surface area contributed by atoms with E-state index in [-0.39, 0.29) is 29.9 Å². The molecule has 2 amide bonds. The first-order chi connectivity index (χ1) is 11.0. The molecule has 1 unspecified atom stereocenters. The van der Waals surface area contributed by atoms with E-state index in [1.807, 2.05) is 31.7 Å². The second-order valence-corrected chi connectivity index (χ2v) is 8.59. The topological polar surface area (TPSA) is 73.6 Å². The number of nitriles is 1. The van der Waals surface area contributed by atoms with Crippen LogP contribution < -0.4 is 0 Å². The molecule has 2 fully saturated rings. The average Bonchev–Trinajstić information content (AvgIpc) is 2.44. The van der Waals surface area contributed by atoms with Gasteiger partial charge in [-0.25, -0.2) is 4.79 Å². The Hall–Kier alpha value is -1.77. The molecule has 2 heterocycles. The number of piperidine rings is 1. The Morgan fingerprint density at radius 3 is 2.29 bits per heavy atom. The fourth-order valence-electron chi connectivity index (χ4n) is 3.98. The molecule has 2 aliphatic rings. The Bertz CT molecular complexity index is 537. The molecule has 6 nitrogen and oxygen atoms in total. The second kappa shape index (κ2) is 6.62. The summed E-state index contributed by atoms with van der Waals surface area (Å²) in [5.74, 6) is 0.278. The van der Waals surface area contributed by atoms with Gasteiger partial charge in [0.1, 0.15) is 12.0 Å². The Morgan fingerprint density at radius 2 is 1.83 bits per heavy atom. The number of amides is 2. The van der Waals surface area contributed by atoms with Gasteiger partial charge in [-0.05, 0) is 39.5 Å². The lowest BCUT2D eigenvalue weighted by Crippen LogP contribution is -2.68. The Morgan fingerprint density at radius 1 is 1.25 bits per heavy atom. The average molecular weight is 335 g/mol. The molecular formula is C18H29N3O3. The maximum atomic E-state index is 12.4. The highest BCUT2D eigenvalue weighted by Crippen LogP contribution is 2.45. The molecule has 0 radical (unpaired) electrons. The number of carbonyl (C=O) groups excluding carboxylic acids is 2. The molecule has 0 N–H and O–H groups in total. The maximum Gasteiger partial charge on any atom is 0.410 e. The second-order valence-electron chi connectivity index (χ2n) is 8.59. The van der Waals surface area contributed by atoms with E-state index in [0.29, 0.717) is 25.6 Å². The van der Waals surface area contributed by atoms with E-state index in [1.54, 1.807) is 4.90 Å². The van der Waals surface area contributed by atoms with Crippen molar-refractivity contribution in [1.29, 1.82) is 5.26 Å². The van der Waals surface area contributed by atoms with E-state index in [2.05, 4.69) is 13.8 Å². The largest absolute Gasteiger partial charge is 0.444 e. The van der Waals surface area contributed by atoms with Gasteiger partial charge in [-0.1, -0.05) is 13.8 Å². The smallest absolute Gasteiger partial charge is 0.410 e. The lowest BCUT2D eigenvalue weighted by Gasteiger charge is -2.58. The molecule has 2 rings (SSSR count). The minimum atomic E-state index is -0.492. The highest BCUT2D eigenvalue weighted by Gasteiger charge is 2.53. The molecule has 0 aromatic carbocycles. The summed E-state index contributed by atoms with van der Waals surface area (Å²) in [4.78, 5) is 27.9. The van der Waals surface area contributed by atoms with Crippen LogP contribution in [0.2, 0.25) is 0 Å². The molecule has 1 atom stereocenters. The van der Waals surface area contributed by atoms with E-state index >= 15 is 0 Å². The molecule has 0 aromatic rings. The third-order valence-electron chi connectivity index (χ3n) is 4.91. The molecule has 2 aliphatic heterocycles. The van der Waals surface area contributed by atoms with E-state index in [1.165, 1.54) is 0 Å². The predicted octanol–water partition coefficient (Wildman–Crippen LogP) is 2.78. The summed E-state index contributed by atoms with van der Waals surface area (Å²) >= 11 is 0. The van der Waals surface area contributed by atoms with Crippen LogP contribution in [0.15, 0.2) is 0 Å². The number of ether oxygens (including phenoxy) is 1. The summed E-state index contributed by atoms with van der Waals surface area (Å²) in [6.45, 7) is 12.1. The number of carbonyl (C=O) groups is 2. The number of hydrogen-bond acceptors (Lipinski definition) is 4. The van der Waals surface area contributed by atoms with Crippen molar-refractivity contribution < 1.29 is 14.3 Å². The molecular weight excluding hydrogens is 306 g/mol. The predicted molar refractivity (Wildman–Crippen MR) is 90.0 cm³/mol. The van der Waals surface area contributed by atoms with Crippen LogP contribution in [0, 0.1) is 22.7 Å². The molecule has 0 aliphatic carbocycles. The third kappa shape index (κ3) is 4.00. The maximum absolute atomic E-state index is 12.4. The number of likely N-dealkylation sites (tertiary alicyclic amines) is 2. The molecule has 6 heteroatoms. The summed E-state index contributed by atoms with van der Waals surface area (Å²) in [6.07, 6.45) is 1.44. The zero-order valence-electron chi connectivity index (χ0n) is 15.5. The summed E-state index contributed by atoms with van der Waals surface area (Å²) in [5, 5.41) is 8.66. The van der Waals surface area contributed by atoms with Crippen molar-refractivity contribution in [3.8, 4) is 6.07 Å². The van der Waals surface area contributed by atoms with Crippen LogP contribution in [-0.2, 0) is 9.53 Å². The van der Waals surface area contributed by atoms with Crippen LogP contribution in [0.3, 0.4) is 0 Å². The highest BCUT2D eigenvalue weighted by atomic mass is 16.6. The van der Waals surface area contributed by atoms with Crippen molar-refractivity contribution in [2.75, 3.05) is 19.6 Å². The van der Waals surface area contributed by atoms with Gasteiger partial charge in [0.05, 0.1) is 6.07 Å². The van der Waals surface area contributed by atoms with E-state index in [4.69, 9.17) is 10.00 Å². The van der Waals surface area contributed by atoms with E-state index < -0.39 is 5.60 Å². The van der Waals surface area contributed by atoms with E-state index in [0.717, 1.165) is 12.8 Å².